The summed E-state index contributed by atoms with van der Waals surface area (Å²) in [4.78, 5) is 15.4. The first-order chi connectivity index (χ1) is 8.15. The molecule has 2 rings (SSSR count). The lowest BCUT2D eigenvalue weighted by atomic mass is 10.1. The number of carbonyl (C=O) groups excluding carboxylic acids is 1. The minimum atomic E-state index is 0.0728. The van der Waals surface area contributed by atoms with Gasteiger partial charge in [0.15, 0.2) is 5.78 Å². The lowest BCUT2D eigenvalue weighted by Crippen LogP contribution is -1.89. The summed E-state index contributed by atoms with van der Waals surface area (Å²) in [7, 11) is 1.97. The first kappa shape index (κ1) is 11.3. The van der Waals surface area contributed by atoms with Crippen molar-refractivity contribution in [3.63, 3.8) is 0 Å². The topological polar surface area (TPSA) is 34.4 Å². The normalized spacial score (nSPS) is 10.9. The second kappa shape index (κ2) is 4.78. The number of rotatable bonds is 3. The third kappa shape index (κ3) is 2.91. The molecule has 2 aromatic rings. The molecule has 0 fully saturated rings. The van der Waals surface area contributed by atoms with Gasteiger partial charge in [-0.05, 0) is 37.3 Å². The minimum absolute atomic E-state index is 0.0728. The Morgan fingerprint density at radius 3 is 2.47 bits per heavy atom. The number of Topliss-reactive ketones (excluding diaryl/α,β-unsaturated/α-hetero) is 1. The summed E-state index contributed by atoms with van der Waals surface area (Å²) < 4.78 is 1.97. The average Bonchev–Trinajstić information content (AvgIpc) is 2.73. The first-order valence-electron chi connectivity index (χ1n) is 5.42. The molecular formula is C14H14N2O. The fraction of sp³-hybridized carbons (Fsp3) is 0.143. The van der Waals surface area contributed by atoms with Gasteiger partial charge in [0, 0.05) is 36.8 Å². The molecule has 0 spiro atoms. The lowest BCUT2D eigenvalue weighted by Gasteiger charge is -1.96. The number of hydrogen-bond donors (Lipinski definition) is 0. The molecule has 0 saturated carbocycles. The second-order valence-corrected chi connectivity index (χ2v) is 3.97. The van der Waals surface area contributed by atoms with E-state index in [0.717, 1.165) is 11.3 Å². The van der Waals surface area contributed by atoms with Crippen molar-refractivity contribution in [1.29, 1.82) is 0 Å². The zero-order valence-electron chi connectivity index (χ0n) is 9.92. The molecule has 1 aromatic carbocycles. The molecule has 86 valence electrons. The molecule has 17 heavy (non-hydrogen) atoms. The molecule has 0 amide bonds. The van der Waals surface area contributed by atoms with Crippen LogP contribution in [0.3, 0.4) is 0 Å². The van der Waals surface area contributed by atoms with Crippen LogP contribution in [0, 0.1) is 0 Å². The highest BCUT2D eigenvalue weighted by molar-refractivity contribution is 5.94. The van der Waals surface area contributed by atoms with Crippen molar-refractivity contribution in [3.05, 3.63) is 53.9 Å². The highest BCUT2D eigenvalue weighted by Gasteiger charge is 1.97. The Labute approximate surface area is 100 Å². The predicted molar refractivity (Wildman–Crippen MR) is 69.1 cm³/mol. The zero-order valence-corrected chi connectivity index (χ0v) is 9.92. The Balaban J connectivity index is 2.13. The fourth-order valence-corrected chi connectivity index (χ4v) is 1.53. The summed E-state index contributed by atoms with van der Waals surface area (Å²) in [6.45, 7) is 1.56. The molecule has 3 heteroatoms. The highest BCUT2D eigenvalue weighted by Crippen LogP contribution is 2.13. The van der Waals surface area contributed by atoms with Gasteiger partial charge in [0.1, 0.15) is 0 Å². The maximum atomic E-state index is 11.1. The van der Waals surface area contributed by atoms with Crippen molar-refractivity contribution in [2.75, 3.05) is 0 Å². The molecule has 0 N–H and O–H groups in total. The van der Waals surface area contributed by atoms with Crippen molar-refractivity contribution >= 4 is 17.7 Å². The van der Waals surface area contributed by atoms with Crippen LogP contribution in [0.25, 0.3) is 0 Å². The maximum Gasteiger partial charge on any atom is 0.159 e. The van der Waals surface area contributed by atoms with Crippen LogP contribution in [0.5, 0.6) is 0 Å². The molecule has 0 aliphatic heterocycles. The number of benzene rings is 1. The van der Waals surface area contributed by atoms with E-state index >= 15 is 0 Å². The van der Waals surface area contributed by atoms with Crippen molar-refractivity contribution in [2.45, 2.75) is 6.92 Å². The largest absolute Gasteiger partial charge is 0.357 e. The molecule has 0 radical (unpaired) electrons. The van der Waals surface area contributed by atoms with Crippen molar-refractivity contribution < 1.29 is 4.79 Å². The molecule has 0 atom stereocenters. The summed E-state index contributed by atoms with van der Waals surface area (Å²) in [6, 6.07) is 9.26. The minimum Gasteiger partial charge on any atom is -0.357 e. The SMILES string of the molecule is CC(=O)c1ccc(N=Cc2ccn(C)c2)cc1. The number of nitrogens with zero attached hydrogens (tertiary/aromatic N) is 2. The van der Waals surface area contributed by atoms with E-state index in [1.165, 1.54) is 0 Å². The lowest BCUT2D eigenvalue weighted by molar-refractivity contribution is 0.101. The number of carbonyl (C=O) groups is 1. The van der Waals surface area contributed by atoms with Crippen LogP contribution in [0.1, 0.15) is 22.8 Å². The van der Waals surface area contributed by atoms with E-state index in [4.69, 9.17) is 0 Å². The van der Waals surface area contributed by atoms with Crippen LogP contribution in [0.4, 0.5) is 5.69 Å². The Bertz CT molecular complexity index is 550. The first-order valence-corrected chi connectivity index (χ1v) is 5.42. The van der Waals surface area contributed by atoms with Crippen molar-refractivity contribution in [3.8, 4) is 0 Å². The number of aliphatic imine (C=N–C) groups is 1. The summed E-state index contributed by atoms with van der Waals surface area (Å²) in [5.41, 5.74) is 2.62. The van der Waals surface area contributed by atoms with Crippen LogP contribution < -0.4 is 0 Å². The van der Waals surface area contributed by atoms with Gasteiger partial charge in [0.2, 0.25) is 0 Å². The van der Waals surface area contributed by atoms with Gasteiger partial charge in [0.25, 0.3) is 0 Å². The van der Waals surface area contributed by atoms with E-state index in [1.54, 1.807) is 19.1 Å². The van der Waals surface area contributed by atoms with E-state index in [2.05, 4.69) is 4.99 Å². The van der Waals surface area contributed by atoms with Crippen LogP contribution >= 0.6 is 0 Å². The average molecular weight is 226 g/mol. The Morgan fingerprint density at radius 2 is 1.94 bits per heavy atom. The standard InChI is InChI=1S/C14H14N2O/c1-11(17)13-3-5-14(6-4-13)15-9-12-7-8-16(2)10-12/h3-10H,1-2H3. The molecule has 0 aliphatic rings. The van der Waals surface area contributed by atoms with Gasteiger partial charge < -0.3 is 4.57 Å². The highest BCUT2D eigenvalue weighted by atomic mass is 16.1. The Kier molecular flexibility index (Phi) is 3.19. The quantitative estimate of drug-likeness (QED) is 0.585. The predicted octanol–water partition coefficient (Wildman–Crippen LogP) is 2.98. The zero-order chi connectivity index (χ0) is 12.3. The van der Waals surface area contributed by atoms with Gasteiger partial charge in [-0.1, -0.05) is 0 Å². The van der Waals surface area contributed by atoms with E-state index < -0.39 is 0 Å². The van der Waals surface area contributed by atoms with Crippen LogP contribution in [0.2, 0.25) is 0 Å². The van der Waals surface area contributed by atoms with Gasteiger partial charge >= 0.3 is 0 Å². The summed E-state index contributed by atoms with van der Waals surface area (Å²) in [5, 5.41) is 0. The summed E-state index contributed by atoms with van der Waals surface area (Å²) >= 11 is 0. The third-order valence-electron chi connectivity index (χ3n) is 2.49. The third-order valence-corrected chi connectivity index (χ3v) is 2.49. The summed E-state index contributed by atoms with van der Waals surface area (Å²) in [5.74, 6) is 0.0728. The van der Waals surface area contributed by atoms with E-state index in [9.17, 15) is 4.79 Å². The molecule has 0 saturated heterocycles. The number of ketones is 1. The molecule has 0 aliphatic carbocycles. The molecule has 1 aromatic heterocycles. The smallest absolute Gasteiger partial charge is 0.159 e. The van der Waals surface area contributed by atoms with Gasteiger partial charge in [-0.2, -0.15) is 0 Å². The van der Waals surface area contributed by atoms with E-state index in [1.807, 2.05) is 48.4 Å². The molecular weight excluding hydrogens is 212 g/mol. The van der Waals surface area contributed by atoms with E-state index in [0.29, 0.717) is 5.56 Å². The molecule has 3 nitrogen and oxygen atoms in total. The second-order valence-electron chi connectivity index (χ2n) is 3.97. The van der Waals surface area contributed by atoms with Crippen molar-refractivity contribution in [2.24, 2.45) is 12.0 Å². The number of aryl methyl sites for hydroxylation is 1. The fourth-order valence-electron chi connectivity index (χ4n) is 1.53. The number of hydrogen-bond acceptors (Lipinski definition) is 2. The van der Waals surface area contributed by atoms with Gasteiger partial charge in [-0.25, -0.2) is 0 Å². The van der Waals surface area contributed by atoms with Gasteiger partial charge in [0.05, 0.1) is 5.69 Å². The maximum absolute atomic E-state index is 11.1. The van der Waals surface area contributed by atoms with Crippen molar-refractivity contribution in [1.82, 2.24) is 4.57 Å². The van der Waals surface area contributed by atoms with Crippen LogP contribution in [0.15, 0.2) is 47.7 Å². The summed E-state index contributed by atoms with van der Waals surface area (Å²) in [6.07, 6.45) is 5.77. The molecule has 1 heterocycles. The van der Waals surface area contributed by atoms with E-state index in [-0.39, 0.29) is 5.78 Å². The molecule has 0 bridgehead atoms. The Hall–Kier alpha value is -2.16. The monoisotopic (exact) mass is 226 g/mol. The van der Waals surface area contributed by atoms with Gasteiger partial charge in [-0.15, -0.1) is 0 Å². The van der Waals surface area contributed by atoms with Gasteiger partial charge in [-0.3, -0.25) is 9.79 Å². The molecule has 0 unspecified atom stereocenters. The van der Waals surface area contributed by atoms with Crippen LogP contribution in [-0.4, -0.2) is 16.6 Å². The van der Waals surface area contributed by atoms with Crippen LogP contribution in [-0.2, 0) is 7.05 Å². The number of aromatic nitrogens is 1. The Morgan fingerprint density at radius 1 is 1.24 bits per heavy atom.